The van der Waals surface area contributed by atoms with E-state index >= 15 is 0 Å². The van der Waals surface area contributed by atoms with Gasteiger partial charge < -0.3 is 14.7 Å². The number of aliphatic hydroxyl groups excluding tert-OH is 1. The number of amides is 1. The van der Waals surface area contributed by atoms with Crippen molar-refractivity contribution in [2.24, 2.45) is 0 Å². The number of ether oxygens (including phenoxy) is 1. The van der Waals surface area contributed by atoms with E-state index in [1.807, 2.05) is 11.8 Å². The first-order chi connectivity index (χ1) is 7.72. The highest BCUT2D eigenvalue weighted by atomic mass is 16.5. The van der Waals surface area contributed by atoms with Crippen LogP contribution in [-0.4, -0.2) is 47.3 Å². The van der Waals surface area contributed by atoms with E-state index in [0.717, 1.165) is 25.7 Å². The van der Waals surface area contributed by atoms with Gasteiger partial charge in [0.15, 0.2) is 0 Å². The molecule has 2 aliphatic rings. The summed E-state index contributed by atoms with van der Waals surface area (Å²) < 4.78 is 5.60. The fourth-order valence-electron chi connectivity index (χ4n) is 2.45. The summed E-state index contributed by atoms with van der Waals surface area (Å²) in [6.07, 6.45) is 5.08. The molecule has 0 spiro atoms. The SMILES string of the molecule is CC1CCC(C(=O)N(CCO)C2CCC2)O1. The molecule has 2 rings (SSSR count). The van der Waals surface area contributed by atoms with Gasteiger partial charge in [0.2, 0.25) is 0 Å². The lowest BCUT2D eigenvalue weighted by Gasteiger charge is -2.38. The molecule has 2 unspecified atom stereocenters. The van der Waals surface area contributed by atoms with Crippen LogP contribution < -0.4 is 0 Å². The predicted molar refractivity (Wildman–Crippen MR) is 60.0 cm³/mol. The Bertz CT molecular complexity index is 253. The summed E-state index contributed by atoms with van der Waals surface area (Å²) >= 11 is 0. The Morgan fingerprint density at radius 1 is 1.38 bits per heavy atom. The van der Waals surface area contributed by atoms with Crippen molar-refractivity contribution in [2.75, 3.05) is 13.2 Å². The molecule has 1 amide bonds. The molecule has 4 nitrogen and oxygen atoms in total. The molecule has 0 aromatic carbocycles. The summed E-state index contributed by atoms with van der Waals surface area (Å²) in [6.45, 7) is 2.51. The van der Waals surface area contributed by atoms with Crippen LogP contribution >= 0.6 is 0 Å². The van der Waals surface area contributed by atoms with Crippen LogP contribution in [-0.2, 0) is 9.53 Å². The van der Waals surface area contributed by atoms with Gasteiger partial charge in [-0.1, -0.05) is 0 Å². The minimum atomic E-state index is -0.262. The Kier molecular flexibility index (Phi) is 3.82. The summed E-state index contributed by atoms with van der Waals surface area (Å²) in [7, 11) is 0. The van der Waals surface area contributed by atoms with Gasteiger partial charge in [0.05, 0.1) is 12.7 Å². The van der Waals surface area contributed by atoms with Crippen molar-refractivity contribution in [1.82, 2.24) is 4.90 Å². The van der Waals surface area contributed by atoms with Crippen molar-refractivity contribution in [3.05, 3.63) is 0 Å². The molecule has 1 aliphatic heterocycles. The number of carbonyl (C=O) groups is 1. The fraction of sp³-hybridized carbons (Fsp3) is 0.917. The van der Waals surface area contributed by atoms with E-state index < -0.39 is 0 Å². The minimum absolute atomic E-state index is 0.0461. The van der Waals surface area contributed by atoms with Crippen molar-refractivity contribution in [3.63, 3.8) is 0 Å². The maximum absolute atomic E-state index is 12.2. The predicted octanol–water partition coefficient (Wildman–Crippen LogP) is 0.927. The highest BCUT2D eigenvalue weighted by Gasteiger charge is 2.36. The van der Waals surface area contributed by atoms with Crippen molar-refractivity contribution >= 4 is 5.91 Å². The molecule has 1 saturated heterocycles. The van der Waals surface area contributed by atoms with E-state index in [0.29, 0.717) is 12.6 Å². The van der Waals surface area contributed by atoms with E-state index in [9.17, 15) is 4.79 Å². The van der Waals surface area contributed by atoms with Crippen LogP contribution in [0.15, 0.2) is 0 Å². The zero-order valence-electron chi connectivity index (χ0n) is 9.89. The van der Waals surface area contributed by atoms with Crippen molar-refractivity contribution < 1.29 is 14.6 Å². The zero-order chi connectivity index (χ0) is 11.5. The maximum Gasteiger partial charge on any atom is 0.252 e. The second-order valence-corrected chi connectivity index (χ2v) is 4.85. The lowest BCUT2D eigenvalue weighted by atomic mass is 9.91. The van der Waals surface area contributed by atoms with Crippen molar-refractivity contribution in [3.8, 4) is 0 Å². The Balaban J connectivity index is 1.93. The summed E-state index contributed by atoms with van der Waals surface area (Å²) in [5.74, 6) is 0.0862. The van der Waals surface area contributed by atoms with E-state index in [4.69, 9.17) is 9.84 Å². The van der Waals surface area contributed by atoms with E-state index in [1.54, 1.807) is 0 Å². The molecule has 0 bridgehead atoms. The Hall–Kier alpha value is -0.610. The number of carbonyl (C=O) groups excluding carboxylic acids is 1. The average Bonchev–Trinajstić information content (AvgIpc) is 2.60. The molecule has 0 aromatic rings. The minimum Gasteiger partial charge on any atom is -0.395 e. The number of hydrogen-bond acceptors (Lipinski definition) is 3. The molecule has 1 aliphatic carbocycles. The second-order valence-electron chi connectivity index (χ2n) is 4.85. The number of hydrogen-bond donors (Lipinski definition) is 1. The Morgan fingerprint density at radius 2 is 2.12 bits per heavy atom. The van der Waals surface area contributed by atoms with E-state index in [1.165, 1.54) is 6.42 Å². The van der Waals surface area contributed by atoms with Crippen LogP contribution in [0.4, 0.5) is 0 Å². The first-order valence-corrected chi connectivity index (χ1v) is 6.29. The molecule has 16 heavy (non-hydrogen) atoms. The molecule has 1 heterocycles. The zero-order valence-corrected chi connectivity index (χ0v) is 9.89. The molecule has 0 aromatic heterocycles. The maximum atomic E-state index is 12.2. The van der Waals surface area contributed by atoms with E-state index in [2.05, 4.69) is 0 Å². The van der Waals surface area contributed by atoms with Crippen molar-refractivity contribution in [2.45, 2.75) is 57.3 Å². The third-order valence-electron chi connectivity index (χ3n) is 3.65. The van der Waals surface area contributed by atoms with Crippen LogP contribution in [0.1, 0.15) is 39.0 Å². The highest BCUT2D eigenvalue weighted by Crippen LogP contribution is 2.28. The van der Waals surface area contributed by atoms with E-state index in [-0.39, 0.29) is 24.7 Å². The summed E-state index contributed by atoms with van der Waals surface area (Å²) in [6, 6.07) is 0.346. The first kappa shape index (κ1) is 11.9. The monoisotopic (exact) mass is 227 g/mol. The molecule has 4 heteroatoms. The van der Waals surface area contributed by atoms with Crippen molar-refractivity contribution in [1.29, 1.82) is 0 Å². The third kappa shape index (κ3) is 2.38. The fourth-order valence-corrected chi connectivity index (χ4v) is 2.45. The molecule has 92 valence electrons. The van der Waals surface area contributed by atoms with Gasteiger partial charge >= 0.3 is 0 Å². The van der Waals surface area contributed by atoms with Gasteiger partial charge in [-0.3, -0.25) is 4.79 Å². The van der Waals surface area contributed by atoms with Crippen LogP contribution in [0.2, 0.25) is 0 Å². The smallest absolute Gasteiger partial charge is 0.252 e. The Morgan fingerprint density at radius 3 is 2.56 bits per heavy atom. The summed E-state index contributed by atoms with van der Waals surface area (Å²) in [5, 5.41) is 9.01. The third-order valence-corrected chi connectivity index (χ3v) is 3.65. The van der Waals surface area contributed by atoms with Gasteiger partial charge in [0, 0.05) is 12.6 Å². The second kappa shape index (κ2) is 5.15. The van der Waals surface area contributed by atoms with Gasteiger partial charge in [0.1, 0.15) is 6.10 Å². The molecule has 2 atom stereocenters. The van der Waals surface area contributed by atoms with Gasteiger partial charge in [-0.2, -0.15) is 0 Å². The first-order valence-electron chi connectivity index (χ1n) is 6.29. The van der Waals surface area contributed by atoms with Crippen LogP contribution in [0.5, 0.6) is 0 Å². The molecule has 1 N–H and O–H groups in total. The lowest BCUT2D eigenvalue weighted by Crippen LogP contribution is -2.49. The topological polar surface area (TPSA) is 49.8 Å². The number of aliphatic hydroxyl groups is 1. The lowest BCUT2D eigenvalue weighted by molar-refractivity contribution is -0.147. The normalized spacial score (nSPS) is 30.1. The summed E-state index contributed by atoms with van der Waals surface area (Å²) in [4.78, 5) is 14.0. The largest absolute Gasteiger partial charge is 0.395 e. The molecule has 1 saturated carbocycles. The quantitative estimate of drug-likeness (QED) is 0.777. The molecular formula is C12H21NO3. The van der Waals surface area contributed by atoms with Gasteiger partial charge in [-0.05, 0) is 39.0 Å². The van der Waals surface area contributed by atoms with Gasteiger partial charge in [-0.15, -0.1) is 0 Å². The highest BCUT2D eigenvalue weighted by molar-refractivity contribution is 5.81. The standard InChI is InChI=1S/C12H21NO3/c1-9-5-6-11(16-9)12(15)13(7-8-14)10-3-2-4-10/h9-11,14H,2-8H2,1H3. The summed E-state index contributed by atoms with van der Waals surface area (Å²) in [5.41, 5.74) is 0. The average molecular weight is 227 g/mol. The molecule has 0 radical (unpaired) electrons. The van der Waals surface area contributed by atoms with Crippen LogP contribution in [0.25, 0.3) is 0 Å². The molecule has 2 fully saturated rings. The number of nitrogens with zero attached hydrogens (tertiary/aromatic N) is 1. The van der Waals surface area contributed by atoms with Crippen LogP contribution in [0, 0.1) is 0 Å². The van der Waals surface area contributed by atoms with Gasteiger partial charge in [-0.25, -0.2) is 0 Å². The van der Waals surface area contributed by atoms with Gasteiger partial charge in [0.25, 0.3) is 5.91 Å². The number of rotatable bonds is 4. The Labute approximate surface area is 96.6 Å². The van der Waals surface area contributed by atoms with Crippen LogP contribution in [0.3, 0.4) is 0 Å². The molecular weight excluding hydrogens is 206 g/mol.